The topological polar surface area (TPSA) is 66.3 Å². The summed E-state index contributed by atoms with van der Waals surface area (Å²) in [5.74, 6) is -2.59. The number of piperidine rings is 1. The van der Waals surface area contributed by atoms with Crippen LogP contribution in [0.2, 0.25) is 0 Å². The van der Waals surface area contributed by atoms with Gasteiger partial charge in [-0.3, -0.25) is 0 Å². The molecule has 0 aromatic carbocycles. The standard InChI is InChI=1S/C12H14F3N3O2/c1-7-5-9(10(19)20)17-11(16-7)18-4-2-3-8(6-18)12(13,14)15/h5,8H,2-4,6H2,1H3,(H,19,20). The summed E-state index contributed by atoms with van der Waals surface area (Å²) in [6, 6.07) is 1.29. The Morgan fingerprint density at radius 1 is 1.45 bits per heavy atom. The Morgan fingerprint density at radius 3 is 2.75 bits per heavy atom. The molecule has 1 atom stereocenters. The van der Waals surface area contributed by atoms with Crippen LogP contribution in [0.3, 0.4) is 0 Å². The van der Waals surface area contributed by atoms with E-state index >= 15 is 0 Å². The van der Waals surface area contributed by atoms with E-state index in [0.29, 0.717) is 18.7 Å². The van der Waals surface area contributed by atoms with Crippen LogP contribution in [0.25, 0.3) is 0 Å². The van der Waals surface area contributed by atoms with Gasteiger partial charge in [-0.2, -0.15) is 13.2 Å². The molecule has 0 bridgehead atoms. The van der Waals surface area contributed by atoms with E-state index in [1.165, 1.54) is 11.0 Å². The second-order valence-electron chi connectivity index (χ2n) is 4.83. The molecule has 0 spiro atoms. The molecule has 20 heavy (non-hydrogen) atoms. The van der Waals surface area contributed by atoms with Crippen molar-refractivity contribution in [1.82, 2.24) is 9.97 Å². The van der Waals surface area contributed by atoms with Crippen LogP contribution in [0.15, 0.2) is 6.07 Å². The number of hydrogen-bond donors (Lipinski definition) is 1. The Kier molecular flexibility index (Phi) is 3.82. The van der Waals surface area contributed by atoms with Gasteiger partial charge in [0, 0.05) is 18.8 Å². The normalized spacial score (nSPS) is 20.0. The fourth-order valence-electron chi connectivity index (χ4n) is 2.23. The molecule has 8 heteroatoms. The molecule has 0 radical (unpaired) electrons. The number of alkyl halides is 3. The maximum atomic E-state index is 12.8. The number of carboxylic acid groups (broad SMARTS) is 1. The van der Waals surface area contributed by atoms with Crippen molar-refractivity contribution in [2.45, 2.75) is 25.9 Å². The predicted octanol–water partition coefficient (Wildman–Crippen LogP) is 2.26. The smallest absolute Gasteiger partial charge is 0.393 e. The van der Waals surface area contributed by atoms with Crippen LogP contribution in [0, 0.1) is 12.8 Å². The molecule has 1 fully saturated rings. The van der Waals surface area contributed by atoms with Gasteiger partial charge in [0.15, 0.2) is 5.69 Å². The largest absolute Gasteiger partial charge is 0.477 e. The molecule has 1 aromatic rings. The Labute approximate surface area is 113 Å². The zero-order valence-corrected chi connectivity index (χ0v) is 10.8. The summed E-state index contributed by atoms with van der Waals surface area (Å²) >= 11 is 0. The zero-order valence-electron chi connectivity index (χ0n) is 10.8. The summed E-state index contributed by atoms with van der Waals surface area (Å²) in [6.07, 6.45) is -3.79. The van der Waals surface area contributed by atoms with Gasteiger partial charge < -0.3 is 10.0 Å². The van der Waals surface area contributed by atoms with Crippen molar-refractivity contribution in [3.05, 3.63) is 17.5 Å². The Balaban J connectivity index is 2.25. The van der Waals surface area contributed by atoms with Gasteiger partial charge in [-0.25, -0.2) is 14.8 Å². The second-order valence-corrected chi connectivity index (χ2v) is 4.83. The maximum absolute atomic E-state index is 12.8. The molecule has 0 saturated carbocycles. The van der Waals surface area contributed by atoms with Crippen molar-refractivity contribution < 1.29 is 23.1 Å². The Morgan fingerprint density at radius 2 is 2.15 bits per heavy atom. The molecule has 5 nitrogen and oxygen atoms in total. The molecule has 1 aromatic heterocycles. The van der Waals surface area contributed by atoms with Gasteiger partial charge in [-0.15, -0.1) is 0 Å². The minimum absolute atomic E-state index is 0.0522. The monoisotopic (exact) mass is 289 g/mol. The predicted molar refractivity (Wildman–Crippen MR) is 64.7 cm³/mol. The lowest BCUT2D eigenvalue weighted by Crippen LogP contribution is -2.42. The molecule has 0 amide bonds. The third-order valence-corrected chi connectivity index (χ3v) is 3.23. The minimum Gasteiger partial charge on any atom is -0.477 e. The zero-order chi connectivity index (χ0) is 14.9. The van der Waals surface area contributed by atoms with E-state index in [1.807, 2.05) is 0 Å². The number of aromatic carboxylic acids is 1. The number of anilines is 1. The average molecular weight is 289 g/mol. The summed E-state index contributed by atoms with van der Waals surface area (Å²) in [5, 5.41) is 8.92. The van der Waals surface area contributed by atoms with Gasteiger partial charge in [0.1, 0.15) is 0 Å². The molecule has 1 N–H and O–H groups in total. The van der Waals surface area contributed by atoms with Crippen LogP contribution in [0.1, 0.15) is 29.0 Å². The fourth-order valence-corrected chi connectivity index (χ4v) is 2.23. The van der Waals surface area contributed by atoms with E-state index in [2.05, 4.69) is 9.97 Å². The highest BCUT2D eigenvalue weighted by atomic mass is 19.4. The molecular weight excluding hydrogens is 275 g/mol. The third-order valence-electron chi connectivity index (χ3n) is 3.23. The van der Waals surface area contributed by atoms with Crippen LogP contribution in [0.4, 0.5) is 19.1 Å². The van der Waals surface area contributed by atoms with Crippen molar-refractivity contribution in [2.75, 3.05) is 18.0 Å². The highest BCUT2D eigenvalue weighted by Crippen LogP contribution is 2.34. The SMILES string of the molecule is Cc1cc(C(=O)O)nc(N2CCCC(C(F)(F)F)C2)n1. The summed E-state index contributed by atoms with van der Waals surface area (Å²) in [5.41, 5.74) is 0.211. The van der Waals surface area contributed by atoms with E-state index in [-0.39, 0.29) is 24.6 Å². The number of rotatable bonds is 2. The summed E-state index contributed by atoms with van der Waals surface area (Å²) in [6.45, 7) is 1.75. The number of carboxylic acids is 1. The van der Waals surface area contributed by atoms with Crippen LogP contribution in [0.5, 0.6) is 0 Å². The lowest BCUT2D eigenvalue weighted by molar-refractivity contribution is -0.176. The van der Waals surface area contributed by atoms with Gasteiger partial charge >= 0.3 is 12.1 Å². The molecule has 2 heterocycles. The van der Waals surface area contributed by atoms with Crippen molar-refractivity contribution in [3.63, 3.8) is 0 Å². The van der Waals surface area contributed by atoms with Crippen molar-refractivity contribution in [1.29, 1.82) is 0 Å². The molecule has 1 aliphatic rings. The molecule has 1 aliphatic heterocycles. The number of halogens is 3. The molecule has 0 aliphatic carbocycles. The van der Waals surface area contributed by atoms with Gasteiger partial charge in [0.25, 0.3) is 0 Å². The summed E-state index contributed by atoms with van der Waals surface area (Å²) in [7, 11) is 0. The quantitative estimate of drug-likeness (QED) is 0.904. The number of carbonyl (C=O) groups is 1. The molecule has 1 unspecified atom stereocenters. The molecule has 2 rings (SSSR count). The van der Waals surface area contributed by atoms with Gasteiger partial charge in [0.2, 0.25) is 5.95 Å². The van der Waals surface area contributed by atoms with E-state index < -0.39 is 18.1 Å². The van der Waals surface area contributed by atoms with Gasteiger partial charge in [-0.1, -0.05) is 0 Å². The highest BCUT2D eigenvalue weighted by Gasteiger charge is 2.42. The van der Waals surface area contributed by atoms with Crippen LogP contribution >= 0.6 is 0 Å². The third kappa shape index (κ3) is 3.17. The van der Waals surface area contributed by atoms with Gasteiger partial charge in [0.05, 0.1) is 5.92 Å². The Hall–Kier alpha value is -1.86. The lowest BCUT2D eigenvalue weighted by atomic mass is 9.98. The summed E-state index contributed by atoms with van der Waals surface area (Å²) in [4.78, 5) is 20.2. The summed E-state index contributed by atoms with van der Waals surface area (Å²) < 4.78 is 38.3. The van der Waals surface area contributed by atoms with E-state index in [4.69, 9.17) is 5.11 Å². The fraction of sp³-hybridized carbons (Fsp3) is 0.583. The molecule has 110 valence electrons. The minimum atomic E-state index is -4.25. The van der Waals surface area contributed by atoms with Crippen LogP contribution in [-0.4, -0.2) is 40.3 Å². The number of aromatic nitrogens is 2. The first-order chi connectivity index (χ1) is 9.27. The lowest BCUT2D eigenvalue weighted by Gasteiger charge is -2.33. The molecular formula is C12H14F3N3O2. The number of nitrogens with zero attached hydrogens (tertiary/aromatic N) is 3. The van der Waals surface area contributed by atoms with E-state index in [9.17, 15) is 18.0 Å². The second kappa shape index (κ2) is 5.26. The van der Waals surface area contributed by atoms with E-state index in [1.54, 1.807) is 6.92 Å². The Bertz CT molecular complexity index is 519. The van der Waals surface area contributed by atoms with E-state index in [0.717, 1.165) is 0 Å². The van der Waals surface area contributed by atoms with Crippen molar-refractivity contribution in [3.8, 4) is 0 Å². The maximum Gasteiger partial charge on any atom is 0.393 e. The highest BCUT2D eigenvalue weighted by molar-refractivity contribution is 5.85. The van der Waals surface area contributed by atoms with Crippen LogP contribution < -0.4 is 4.90 Å². The first kappa shape index (κ1) is 14.5. The molecule has 1 saturated heterocycles. The average Bonchev–Trinajstić information content (AvgIpc) is 2.37. The first-order valence-electron chi connectivity index (χ1n) is 6.18. The van der Waals surface area contributed by atoms with Gasteiger partial charge in [-0.05, 0) is 25.8 Å². The van der Waals surface area contributed by atoms with Crippen molar-refractivity contribution >= 4 is 11.9 Å². The van der Waals surface area contributed by atoms with Crippen molar-refractivity contribution in [2.24, 2.45) is 5.92 Å². The number of aryl methyl sites for hydroxylation is 1. The number of hydrogen-bond acceptors (Lipinski definition) is 4. The first-order valence-corrected chi connectivity index (χ1v) is 6.18. The van der Waals surface area contributed by atoms with Crippen LogP contribution in [-0.2, 0) is 0 Å².